The number of anilines is 1. The van der Waals surface area contributed by atoms with E-state index in [1.807, 2.05) is 34.7 Å². The molecule has 0 saturated carbocycles. The van der Waals surface area contributed by atoms with Crippen LogP contribution in [0.1, 0.15) is 5.56 Å². The molecule has 7 heteroatoms. The zero-order chi connectivity index (χ0) is 14.5. The summed E-state index contributed by atoms with van der Waals surface area (Å²) in [7, 11) is 1.55. The van der Waals surface area contributed by atoms with Gasteiger partial charge in [-0.1, -0.05) is 6.07 Å². The molecule has 0 fully saturated rings. The summed E-state index contributed by atoms with van der Waals surface area (Å²) in [6, 6.07) is 8.67. The summed E-state index contributed by atoms with van der Waals surface area (Å²) in [5, 5.41) is 14.1. The summed E-state index contributed by atoms with van der Waals surface area (Å²) < 4.78 is 5.80. The largest absolute Gasteiger partial charge is 0.481 e. The van der Waals surface area contributed by atoms with Gasteiger partial charge in [0.15, 0.2) is 0 Å². The first kappa shape index (κ1) is 14.5. The number of ether oxygens (including phenoxy) is 1. The smallest absolute Gasteiger partial charge is 0.293 e. The van der Waals surface area contributed by atoms with Gasteiger partial charge < -0.3 is 10.1 Å². The zero-order valence-corrected chi connectivity index (χ0v) is 12.8. The second kappa shape index (κ2) is 6.51. The fourth-order valence-electron chi connectivity index (χ4n) is 1.64. The van der Waals surface area contributed by atoms with Crippen LogP contribution in [0.3, 0.4) is 0 Å². The van der Waals surface area contributed by atoms with Crippen molar-refractivity contribution in [2.24, 2.45) is 0 Å². The molecule has 2 aromatic rings. The number of nitrogens with one attached hydrogen (secondary N) is 1. The third-order valence-electron chi connectivity index (χ3n) is 2.65. The Morgan fingerprint density at radius 2 is 2.20 bits per heavy atom. The molecule has 20 heavy (non-hydrogen) atoms. The molecule has 0 aliphatic heterocycles. The van der Waals surface area contributed by atoms with Crippen molar-refractivity contribution in [3.05, 3.63) is 55.8 Å². The minimum atomic E-state index is -0.392. The number of benzene rings is 1. The van der Waals surface area contributed by atoms with Crippen molar-refractivity contribution in [3.63, 3.8) is 0 Å². The molecule has 0 unspecified atom stereocenters. The summed E-state index contributed by atoms with van der Waals surface area (Å²) in [5.41, 5.74) is 1.48. The van der Waals surface area contributed by atoms with E-state index in [-0.39, 0.29) is 5.69 Å². The molecular weight excluding hydrogens is 373 g/mol. The van der Waals surface area contributed by atoms with E-state index >= 15 is 0 Å². The number of pyridine rings is 1. The van der Waals surface area contributed by atoms with Gasteiger partial charge in [0, 0.05) is 28.4 Å². The van der Waals surface area contributed by atoms with E-state index in [0.717, 1.165) is 9.13 Å². The molecular formula is C13H12IN3O3. The average molecular weight is 385 g/mol. The Balaban J connectivity index is 2.12. The Kier molecular flexibility index (Phi) is 4.72. The number of halogens is 1. The minimum absolute atomic E-state index is 0.0679. The Labute approximate surface area is 129 Å². The van der Waals surface area contributed by atoms with Crippen molar-refractivity contribution in [3.8, 4) is 5.88 Å². The predicted molar refractivity (Wildman–Crippen MR) is 83.9 cm³/mol. The molecule has 0 spiro atoms. The van der Waals surface area contributed by atoms with Crippen molar-refractivity contribution in [1.82, 2.24) is 4.98 Å². The predicted octanol–water partition coefficient (Wildman–Crippen LogP) is 3.22. The maximum absolute atomic E-state index is 11.0. The highest BCUT2D eigenvalue weighted by atomic mass is 127. The SMILES string of the molecule is COc1ccc(CNc2ccc(I)cc2[N+](=O)[O-])cn1. The van der Waals surface area contributed by atoms with Gasteiger partial charge in [-0.05, 0) is 40.3 Å². The van der Waals surface area contributed by atoms with E-state index in [1.165, 1.54) is 6.07 Å². The molecule has 0 aliphatic rings. The van der Waals surface area contributed by atoms with Crippen LogP contribution in [0.4, 0.5) is 11.4 Å². The number of nitro groups is 1. The van der Waals surface area contributed by atoms with Gasteiger partial charge in [0.1, 0.15) is 5.69 Å². The van der Waals surface area contributed by atoms with Crippen LogP contribution in [-0.2, 0) is 6.54 Å². The van der Waals surface area contributed by atoms with Crippen LogP contribution in [0.5, 0.6) is 5.88 Å². The molecule has 104 valence electrons. The number of nitrogens with zero attached hydrogens (tertiary/aromatic N) is 2. The molecule has 2 rings (SSSR count). The number of rotatable bonds is 5. The van der Waals surface area contributed by atoms with Gasteiger partial charge in [-0.2, -0.15) is 0 Å². The highest BCUT2D eigenvalue weighted by Crippen LogP contribution is 2.26. The number of hydrogen-bond donors (Lipinski definition) is 1. The number of nitro benzene ring substituents is 1. The number of aromatic nitrogens is 1. The molecule has 0 atom stereocenters. The van der Waals surface area contributed by atoms with Gasteiger partial charge in [0.2, 0.25) is 5.88 Å². The zero-order valence-electron chi connectivity index (χ0n) is 10.7. The number of methoxy groups -OCH3 is 1. The summed E-state index contributed by atoms with van der Waals surface area (Å²) in [6.07, 6.45) is 1.67. The van der Waals surface area contributed by atoms with Crippen LogP contribution in [0.25, 0.3) is 0 Å². The second-order valence-corrected chi connectivity index (χ2v) is 5.23. The Hall–Kier alpha value is -1.90. The average Bonchev–Trinajstić information content (AvgIpc) is 2.46. The van der Waals surface area contributed by atoms with Gasteiger partial charge in [-0.3, -0.25) is 10.1 Å². The lowest BCUT2D eigenvalue weighted by atomic mass is 10.2. The molecule has 0 saturated heterocycles. The highest BCUT2D eigenvalue weighted by molar-refractivity contribution is 14.1. The molecule has 1 aromatic carbocycles. The van der Waals surface area contributed by atoms with Gasteiger partial charge in [0.25, 0.3) is 5.69 Å². The molecule has 0 bridgehead atoms. The van der Waals surface area contributed by atoms with Crippen molar-refractivity contribution in [2.75, 3.05) is 12.4 Å². The van der Waals surface area contributed by atoms with Crippen LogP contribution in [-0.4, -0.2) is 17.0 Å². The van der Waals surface area contributed by atoms with Crippen molar-refractivity contribution < 1.29 is 9.66 Å². The lowest BCUT2D eigenvalue weighted by Gasteiger charge is -2.07. The standard InChI is InChI=1S/C13H12IN3O3/c1-20-13-5-2-9(8-16-13)7-15-11-4-3-10(14)6-12(11)17(18)19/h2-6,8,15H,7H2,1H3. The Morgan fingerprint density at radius 3 is 2.80 bits per heavy atom. The van der Waals surface area contributed by atoms with E-state index < -0.39 is 4.92 Å². The molecule has 0 aliphatic carbocycles. The Morgan fingerprint density at radius 1 is 1.40 bits per heavy atom. The van der Waals surface area contributed by atoms with Crippen LogP contribution >= 0.6 is 22.6 Å². The first-order valence-electron chi connectivity index (χ1n) is 5.77. The lowest BCUT2D eigenvalue weighted by Crippen LogP contribution is -2.03. The monoisotopic (exact) mass is 385 g/mol. The van der Waals surface area contributed by atoms with E-state index in [2.05, 4.69) is 10.3 Å². The van der Waals surface area contributed by atoms with E-state index in [9.17, 15) is 10.1 Å². The summed E-state index contributed by atoms with van der Waals surface area (Å²) in [5.74, 6) is 0.536. The molecule has 1 N–H and O–H groups in total. The molecule has 6 nitrogen and oxygen atoms in total. The highest BCUT2D eigenvalue weighted by Gasteiger charge is 2.13. The summed E-state index contributed by atoms with van der Waals surface area (Å²) >= 11 is 2.05. The van der Waals surface area contributed by atoms with Crippen molar-refractivity contribution in [1.29, 1.82) is 0 Å². The second-order valence-electron chi connectivity index (χ2n) is 3.98. The fraction of sp³-hybridized carbons (Fsp3) is 0.154. The van der Waals surface area contributed by atoms with Gasteiger partial charge in [0.05, 0.1) is 12.0 Å². The maximum Gasteiger partial charge on any atom is 0.293 e. The van der Waals surface area contributed by atoms with Crippen molar-refractivity contribution in [2.45, 2.75) is 6.54 Å². The normalized spacial score (nSPS) is 10.1. The molecule has 0 amide bonds. The number of hydrogen-bond acceptors (Lipinski definition) is 5. The first-order chi connectivity index (χ1) is 9.60. The lowest BCUT2D eigenvalue weighted by molar-refractivity contribution is -0.384. The van der Waals surface area contributed by atoms with E-state index in [1.54, 1.807) is 25.4 Å². The topological polar surface area (TPSA) is 77.3 Å². The van der Waals surface area contributed by atoms with Crippen molar-refractivity contribution >= 4 is 34.0 Å². The third kappa shape index (κ3) is 3.56. The summed E-state index contributed by atoms with van der Waals surface area (Å²) in [4.78, 5) is 14.7. The maximum atomic E-state index is 11.0. The molecule has 0 radical (unpaired) electrons. The molecule has 1 heterocycles. The van der Waals surface area contributed by atoms with Crippen LogP contribution in [0.2, 0.25) is 0 Å². The molecule has 1 aromatic heterocycles. The van der Waals surface area contributed by atoms with Gasteiger partial charge in [-0.25, -0.2) is 4.98 Å². The fourth-order valence-corrected chi connectivity index (χ4v) is 2.11. The quantitative estimate of drug-likeness (QED) is 0.486. The van der Waals surface area contributed by atoms with E-state index in [0.29, 0.717) is 18.1 Å². The first-order valence-corrected chi connectivity index (χ1v) is 6.85. The van der Waals surface area contributed by atoms with Crippen LogP contribution in [0.15, 0.2) is 36.5 Å². The third-order valence-corrected chi connectivity index (χ3v) is 3.32. The Bertz CT molecular complexity index is 617. The van der Waals surface area contributed by atoms with Crippen LogP contribution in [0, 0.1) is 13.7 Å². The minimum Gasteiger partial charge on any atom is -0.481 e. The summed E-state index contributed by atoms with van der Waals surface area (Å²) in [6.45, 7) is 0.457. The van der Waals surface area contributed by atoms with E-state index in [4.69, 9.17) is 4.74 Å². The van der Waals surface area contributed by atoms with Gasteiger partial charge in [-0.15, -0.1) is 0 Å². The van der Waals surface area contributed by atoms with Crippen LogP contribution < -0.4 is 10.1 Å². The van der Waals surface area contributed by atoms with Gasteiger partial charge >= 0.3 is 0 Å².